The van der Waals surface area contributed by atoms with E-state index in [9.17, 15) is 0 Å². The van der Waals surface area contributed by atoms with Gasteiger partial charge in [-0.2, -0.15) is 4.80 Å². The molecule has 1 heterocycles. The molecule has 0 saturated carbocycles. The van der Waals surface area contributed by atoms with Gasteiger partial charge in [0.25, 0.3) is 0 Å². The van der Waals surface area contributed by atoms with Gasteiger partial charge < -0.3 is 10.5 Å². The third-order valence-electron chi connectivity index (χ3n) is 2.33. The summed E-state index contributed by atoms with van der Waals surface area (Å²) < 4.78 is 5.30. The lowest BCUT2D eigenvalue weighted by atomic mass is 10.1. The van der Waals surface area contributed by atoms with E-state index >= 15 is 0 Å². The largest absolute Gasteiger partial charge is 0.369 e. The van der Waals surface area contributed by atoms with E-state index in [0.29, 0.717) is 12.4 Å². The number of tetrazole rings is 1. The molecule has 0 bridgehead atoms. The maximum absolute atomic E-state index is 5.63. The van der Waals surface area contributed by atoms with Gasteiger partial charge in [0.1, 0.15) is 5.60 Å². The van der Waals surface area contributed by atoms with E-state index in [1.165, 1.54) is 0 Å². The van der Waals surface area contributed by atoms with Gasteiger partial charge >= 0.3 is 0 Å². The third kappa shape index (κ3) is 2.32. The first kappa shape index (κ1) is 12.1. The Morgan fingerprint density at radius 1 is 1.33 bits per heavy atom. The zero-order valence-electron chi connectivity index (χ0n) is 9.98. The molecule has 2 N–H and O–H groups in total. The van der Waals surface area contributed by atoms with Crippen LogP contribution < -0.4 is 5.73 Å². The van der Waals surface area contributed by atoms with Crippen LogP contribution in [0.5, 0.6) is 0 Å². The average Bonchev–Trinajstić information content (AvgIpc) is 2.65. The molecular formula is C9H19N5O. The molecule has 1 unspecified atom stereocenters. The minimum absolute atomic E-state index is 0.186. The van der Waals surface area contributed by atoms with E-state index in [0.717, 1.165) is 0 Å². The van der Waals surface area contributed by atoms with Gasteiger partial charge in [0.15, 0.2) is 0 Å². The number of hydrogen-bond acceptors (Lipinski definition) is 5. The average molecular weight is 213 g/mol. The summed E-state index contributed by atoms with van der Waals surface area (Å²) in [5.74, 6) is 0.516. The molecule has 1 aromatic rings. The molecule has 1 rings (SSSR count). The van der Waals surface area contributed by atoms with Gasteiger partial charge in [-0.05, 0) is 32.9 Å². The second-order valence-corrected chi connectivity index (χ2v) is 4.71. The SMILES string of the molecule is COC(C)(CN)c1nnn(C(C)(C)C)n1. The van der Waals surface area contributed by atoms with Crippen LogP contribution in [0.4, 0.5) is 0 Å². The molecule has 0 fully saturated rings. The Bertz CT molecular complexity index is 323. The summed E-state index contributed by atoms with van der Waals surface area (Å²) in [6, 6.07) is 0. The summed E-state index contributed by atoms with van der Waals surface area (Å²) in [6.07, 6.45) is 0. The molecule has 1 atom stereocenters. The topological polar surface area (TPSA) is 78.9 Å². The highest BCUT2D eigenvalue weighted by Gasteiger charge is 2.31. The van der Waals surface area contributed by atoms with Crippen LogP contribution in [0.15, 0.2) is 0 Å². The van der Waals surface area contributed by atoms with Crippen LogP contribution in [0, 0.1) is 0 Å². The number of nitrogens with zero attached hydrogens (tertiary/aromatic N) is 4. The van der Waals surface area contributed by atoms with Gasteiger partial charge in [-0.3, -0.25) is 0 Å². The molecule has 6 heteroatoms. The number of aromatic nitrogens is 4. The molecule has 0 aliphatic heterocycles. The molecule has 86 valence electrons. The fourth-order valence-corrected chi connectivity index (χ4v) is 0.976. The van der Waals surface area contributed by atoms with Crippen molar-refractivity contribution in [1.82, 2.24) is 20.2 Å². The number of rotatable bonds is 3. The van der Waals surface area contributed by atoms with Gasteiger partial charge in [-0.15, -0.1) is 10.2 Å². The number of nitrogens with two attached hydrogens (primary N) is 1. The van der Waals surface area contributed by atoms with Crippen LogP contribution in [-0.4, -0.2) is 33.9 Å². The second-order valence-electron chi connectivity index (χ2n) is 4.71. The van der Waals surface area contributed by atoms with Crippen LogP contribution in [0.3, 0.4) is 0 Å². The summed E-state index contributed by atoms with van der Waals surface area (Å²) in [5, 5.41) is 12.2. The molecule has 1 aromatic heterocycles. The van der Waals surface area contributed by atoms with E-state index in [1.54, 1.807) is 11.9 Å². The van der Waals surface area contributed by atoms with Crippen LogP contribution in [0.25, 0.3) is 0 Å². The van der Waals surface area contributed by atoms with Crippen molar-refractivity contribution in [3.05, 3.63) is 5.82 Å². The van der Waals surface area contributed by atoms with Crippen LogP contribution >= 0.6 is 0 Å². The molecule has 0 aliphatic carbocycles. The van der Waals surface area contributed by atoms with Crippen LogP contribution in [-0.2, 0) is 15.9 Å². The Hall–Kier alpha value is -1.01. The molecule has 0 saturated heterocycles. The molecule has 0 aromatic carbocycles. The van der Waals surface area contributed by atoms with Crippen molar-refractivity contribution in [3.63, 3.8) is 0 Å². The van der Waals surface area contributed by atoms with Crippen molar-refractivity contribution in [2.75, 3.05) is 13.7 Å². The summed E-state index contributed by atoms with van der Waals surface area (Å²) >= 11 is 0. The fourth-order valence-electron chi connectivity index (χ4n) is 0.976. The Kier molecular flexibility index (Phi) is 3.11. The van der Waals surface area contributed by atoms with E-state index < -0.39 is 5.60 Å². The fraction of sp³-hybridized carbons (Fsp3) is 0.889. The van der Waals surface area contributed by atoms with Crippen molar-refractivity contribution in [3.8, 4) is 0 Å². The van der Waals surface area contributed by atoms with E-state index in [4.69, 9.17) is 10.5 Å². The number of ether oxygens (including phenoxy) is 1. The zero-order chi connectivity index (χ0) is 11.7. The van der Waals surface area contributed by atoms with Crippen molar-refractivity contribution in [2.45, 2.75) is 38.8 Å². The molecule has 6 nitrogen and oxygen atoms in total. The first-order valence-electron chi connectivity index (χ1n) is 4.89. The lowest BCUT2D eigenvalue weighted by Crippen LogP contribution is -2.35. The first-order chi connectivity index (χ1) is 6.83. The third-order valence-corrected chi connectivity index (χ3v) is 2.33. The molecule has 0 aliphatic rings. The Balaban J connectivity index is 3.03. The van der Waals surface area contributed by atoms with E-state index in [2.05, 4.69) is 15.4 Å². The van der Waals surface area contributed by atoms with Crippen LogP contribution in [0.2, 0.25) is 0 Å². The quantitative estimate of drug-likeness (QED) is 0.778. The number of hydrogen-bond donors (Lipinski definition) is 1. The van der Waals surface area contributed by atoms with Gasteiger partial charge in [-0.1, -0.05) is 0 Å². The van der Waals surface area contributed by atoms with Crippen molar-refractivity contribution in [1.29, 1.82) is 0 Å². The number of methoxy groups -OCH3 is 1. The van der Waals surface area contributed by atoms with Crippen LogP contribution in [0.1, 0.15) is 33.5 Å². The monoisotopic (exact) mass is 213 g/mol. The molecular weight excluding hydrogens is 194 g/mol. The minimum Gasteiger partial charge on any atom is -0.369 e. The lowest BCUT2D eigenvalue weighted by Gasteiger charge is -2.22. The Morgan fingerprint density at radius 3 is 2.27 bits per heavy atom. The summed E-state index contributed by atoms with van der Waals surface area (Å²) in [6.45, 7) is 8.18. The molecule has 0 radical (unpaired) electrons. The molecule has 0 amide bonds. The predicted molar refractivity (Wildman–Crippen MR) is 56.2 cm³/mol. The van der Waals surface area contributed by atoms with Crippen molar-refractivity contribution >= 4 is 0 Å². The predicted octanol–water partition coefficient (Wildman–Crippen LogP) is 0.248. The van der Waals surface area contributed by atoms with Crippen molar-refractivity contribution in [2.24, 2.45) is 5.73 Å². The lowest BCUT2D eigenvalue weighted by molar-refractivity contribution is 0.00193. The van der Waals surface area contributed by atoms with Crippen molar-refractivity contribution < 1.29 is 4.74 Å². The maximum atomic E-state index is 5.63. The first-order valence-corrected chi connectivity index (χ1v) is 4.89. The van der Waals surface area contributed by atoms with E-state index in [1.807, 2.05) is 27.7 Å². The summed E-state index contributed by atoms with van der Waals surface area (Å²) in [5.41, 5.74) is 4.78. The summed E-state index contributed by atoms with van der Waals surface area (Å²) in [4.78, 5) is 1.56. The van der Waals surface area contributed by atoms with Gasteiger partial charge in [0.2, 0.25) is 5.82 Å². The summed E-state index contributed by atoms with van der Waals surface area (Å²) in [7, 11) is 1.59. The molecule has 15 heavy (non-hydrogen) atoms. The standard InChI is InChI=1S/C9H19N5O/c1-8(2,3)14-12-7(11-13-14)9(4,6-10)15-5/h6,10H2,1-5H3. The van der Waals surface area contributed by atoms with Gasteiger partial charge in [0.05, 0.1) is 5.54 Å². The smallest absolute Gasteiger partial charge is 0.207 e. The normalized spacial score (nSPS) is 16.4. The highest BCUT2D eigenvalue weighted by atomic mass is 16.5. The molecule has 0 spiro atoms. The second kappa shape index (κ2) is 3.86. The highest BCUT2D eigenvalue weighted by Crippen LogP contribution is 2.19. The Morgan fingerprint density at radius 2 is 1.93 bits per heavy atom. The highest BCUT2D eigenvalue weighted by molar-refractivity contribution is 4.97. The zero-order valence-corrected chi connectivity index (χ0v) is 9.98. The van der Waals surface area contributed by atoms with Gasteiger partial charge in [0, 0.05) is 13.7 Å². The maximum Gasteiger partial charge on any atom is 0.207 e. The Labute approximate surface area is 89.8 Å². The van der Waals surface area contributed by atoms with E-state index in [-0.39, 0.29) is 5.54 Å². The minimum atomic E-state index is -0.663. The van der Waals surface area contributed by atoms with Gasteiger partial charge in [-0.25, -0.2) is 0 Å².